The van der Waals surface area contributed by atoms with Crippen LogP contribution in [0.15, 0.2) is 24.3 Å². The number of ether oxygens (including phenoxy) is 1. The molecule has 110 valence electrons. The fourth-order valence-corrected chi connectivity index (χ4v) is 2.17. The van der Waals surface area contributed by atoms with Crippen LogP contribution in [0, 0.1) is 0 Å². The minimum atomic E-state index is -0.846. The van der Waals surface area contributed by atoms with Gasteiger partial charge in [-0.3, -0.25) is 0 Å². The van der Waals surface area contributed by atoms with E-state index in [1.165, 1.54) is 5.56 Å². The fourth-order valence-electron chi connectivity index (χ4n) is 2.17. The number of hydrogen-bond acceptors (Lipinski definition) is 3. The number of carbonyl (C=O) groups is 1. The van der Waals surface area contributed by atoms with Crippen LogP contribution in [-0.2, 0) is 11.2 Å². The summed E-state index contributed by atoms with van der Waals surface area (Å²) in [5, 5.41) is 15.7. The molecule has 0 unspecified atom stereocenters. The van der Waals surface area contributed by atoms with Gasteiger partial charge in [0.25, 0.3) is 0 Å². The number of benzene rings is 1. The van der Waals surface area contributed by atoms with Gasteiger partial charge in [0.05, 0.1) is 5.60 Å². The van der Waals surface area contributed by atoms with Crippen LogP contribution in [0.1, 0.15) is 25.3 Å². The van der Waals surface area contributed by atoms with Gasteiger partial charge >= 0.3 is 6.03 Å². The van der Waals surface area contributed by atoms with Gasteiger partial charge in [-0.25, -0.2) is 4.79 Å². The monoisotopic (exact) mass is 278 g/mol. The van der Waals surface area contributed by atoms with Crippen LogP contribution in [0.2, 0.25) is 0 Å². The summed E-state index contributed by atoms with van der Waals surface area (Å²) in [6, 6.07) is 7.43. The molecule has 0 saturated carbocycles. The summed E-state index contributed by atoms with van der Waals surface area (Å²) < 4.78 is 5.20. The second-order valence-corrected chi connectivity index (χ2v) is 5.19. The first-order chi connectivity index (χ1) is 9.61. The summed E-state index contributed by atoms with van der Waals surface area (Å²) in [5.74, 6) is 0. The SMILES string of the molecule is CCc1ccc(NC(=O)NCC2(O)CCOCC2)cc1. The van der Waals surface area contributed by atoms with Gasteiger partial charge in [-0.2, -0.15) is 0 Å². The van der Waals surface area contributed by atoms with Crippen LogP contribution in [0.25, 0.3) is 0 Å². The van der Waals surface area contributed by atoms with Crippen molar-refractivity contribution in [2.24, 2.45) is 0 Å². The van der Waals surface area contributed by atoms with Crippen molar-refractivity contribution in [3.63, 3.8) is 0 Å². The predicted octanol–water partition coefficient (Wildman–Crippen LogP) is 1.91. The number of anilines is 1. The van der Waals surface area contributed by atoms with Crippen molar-refractivity contribution < 1.29 is 14.6 Å². The molecule has 1 aliphatic rings. The highest BCUT2D eigenvalue weighted by atomic mass is 16.5. The Bertz CT molecular complexity index is 439. The molecule has 5 nitrogen and oxygen atoms in total. The standard InChI is InChI=1S/C15H22N2O3/c1-2-12-3-5-13(6-4-12)17-14(18)16-11-15(19)7-9-20-10-8-15/h3-6,19H,2,7-11H2,1H3,(H2,16,17,18). The second-order valence-electron chi connectivity index (χ2n) is 5.19. The Morgan fingerprint density at radius 2 is 1.95 bits per heavy atom. The molecule has 1 saturated heterocycles. The maximum Gasteiger partial charge on any atom is 0.319 e. The topological polar surface area (TPSA) is 70.6 Å². The van der Waals surface area contributed by atoms with Crippen LogP contribution >= 0.6 is 0 Å². The number of hydrogen-bond donors (Lipinski definition) is 3. The highest BCUT2D eigenvalue weighted by Crippen LogP contribution is 2.19. The van der Waals surface area contributed by atoms with Gasteiger partial charge in [-0.1, -0.05) is 19.1 Å². The molecule has 2 amide bonds. The molecule has 5 heteroatoms. The molecule has 0 radical (unpaired) electrons. The van der Waals surface area contributed by atoms with Gasteiger partial charge in [0.2, 0.25) is 0 Å². The number of carbonyl (C=O) groups excluding carboxylic acids is 1. The van der Waals surface area contributed by atoms with E-state index in [0.717, 1.165) is 12.1 Å². The third kappa shape index (κ3) is 4.21. The summed E-state index contributed by atoms with van der Waals surface area (Å²) >= 11 is 0. The van der Waals surface area contributed by atoms with E-state index in [2.05, 4.69) is 17.6 Å². The van der Waals surface area contributed by atoms with Crippen molar-refractivity contribution in [3.05, 3.63) is 29.8 Å². The van der Waals surface area contributed by atoms with Crippen LogP contribution in [-0.4, -0.2) is 36.5 Å². The maximum atomic E-state index is 11.8. The average molecular weight is 278 g/mol. The van der Waals surface area contributed by atoms with Crippen molar-refractivity contribution in [2.75, 3.05) is 25.1 Å². The first-order valence-electron chi connectivity index (χ1n) is 7.05. The van der Waals surface area contributed by atoms with Crippen LogP contribution < -0.4 is 10.6 Å². The zero-order chi connectivity index (χ0) is 14.4. The van der Waals surface area contributed by atoms with E-state index in [-0.39, 0.29) is 12.6 Å². The van der Waals surface area contributed by atoms with Gasteiger partial charge in [0.1, 0.15) is 0 Å². The number of aryl methyl sites for hydroxylation is 1. The third-order valence-corrected chi connectivity index (χ3v) is 3.62. The Labute approximate surface area is 119 Å². The number of amides is 2. The summed E-state index contributed by atoms with van der Waals surface area (Å²) in [7, 11) is 0. The summed E-state index contributed by atoms with van der Waals surface area (Å²) in [4.78, 5) is 11.8. The quantitative estimate of drug-likeness (QED) is 0.788. The minimum Gasteiger partial charge on any atom is -0.388 e. The van der Waals surface area contributed by atoms with E-state index in [1.54, 1.807) is 0 Å². The summed E-state index contributed by atoms with van der Waals surface area (Å²) in [5.41, 5.74) is 1.13. The van der Waals surface area contributed by atoms with Crippen LogP contribution in [0.3, 0.4) is 0 Å². The predicted molar refractivity (Wildman–Crippen MR) is 77.8 cm³/mol. The molecule has 2 rings (SSSR count). The summed E-state index contributed by atoms with van der Waals surface area (Å²) in [6.45, 7) is 3.41. The molecule has 0 atom stereocenters. The van der Waals surface area contributed by atoms with Gasteiger partial charge in [-0.15, -0.1) is 0 Å². The Morgan fingerprint density at radius 3 is 2.55 bits per heavy atom. The average Bonchev–Trinajstić information content (AvgIpc) is 2.47. The van der Waals surface area contributed by atoms with Crippen LogP contribution in [0.5, 0.6) is 0 Å². The van der Waals surface area contributed by atoms with Crippen molar-refractivity contribution in [1.29, 1.82) is 0 Å². The lowest BCUT2D eigenvalue weighted by Crippen LogP contribution is -2.47. The molecule has 1 heterocycles. The van der Waals surface area contributed by atoms with Gasteiger partial charge < -0.3 is 20.5 Å². The molecule has 20 heavy (non-hydrogen) atoms. The van der Waals surface area contributed by atoms with E-state index >= 15 is 0 Å². The lowest BCUT2D eigenvalue weighted by molar-refractivity contribution is -0.0598. The summed E-state index contributed by atoms with van der Waals surface area (Å²) in [6.07, 6.45) is 2.08. The van der Waals surface area contributed by atoms with E-state index in [0.29, 0.717) is 26.1 Å². The normalized spacial score (nSPS) is 17.5. The Balaban J connectivity index is 1.79. The largest absolute Gasteiger partial charge is 0.388 e. The number of rotatable bonds is 4. The van der Waals surface area contributed by atoms with Crippen molar-refractivity contribution in [1.82, 2.24) is 5.32 Å². The molecular formula is C15H22N2O3. The Morgan fingerprint density at radius 1 is 1.30 bits per heavy atom. The lowest BCUT2D eigenvalue weighted by Gasteiger charge is -2.32. The molecule has 1 aromatic carbocycles. The smallest absolute Gasteiger partial charge is 0.319 e. The van der Waals surface area contributed by atoms with Crippen molar-refractivity contribution in [3.8, 4) is 0 Å². The molecule has 0 aromatic heterocycles. The van der Waals surface area contributed by atoms with Gasteiger partial charge in [-0.05, 0) is 24.1 Å². The van der Waals surface area contributed by atoms with E-state index < -0.39 is 5.60 Å². The van der Waals surface area contributed by atoms with Gasteiger partial charge in [0, 0.05) is 38.3 Å². The Kier molecular flexibility index (Phi) is 4.98. The molecule has 0 bridgehead atoms. The van der Waals surface area contributed by atoms with Crippen molar-refractivity contribution in [2.45, 2.75) is 31.8 Å². The zero-order valence-corrected chi connectivity index (χ0v) is 11.8. The number of aliphatic hydroxyl groups is 1. The molecule has 3 N–H and O–H groups in total. The Hall–Kier alpha value is -1.59. The minimum absolute atomic E-state index is 0.245. The van der Waals surface area contributed by atoms with E-state index in [1.807, 2.05) is 24.3 Å². The maximum absolute atomic E-state index is 11.8. The molecule has 0 spiro atoms. The first kappa shape index (κ1) is 14.8. The second kappa shape index (κ2) is 6.72. The first-order valence-corrected chi connectivity index (χ1v) is 7.05. The number of urea groups is 1. The van der Waals surface area contributed by atoms with Crippen LogP contribution in [0.4, 0.5) is 10.5 Å². The van der Waals surface area contributed by atoms with Crippen molar-refractivity contribution >= 4 is 11.7 Å². The van der Waals surface area contributed by atoms with Gasteiger partial charge in [0.15, 0.2) is 0 Å². The molecule has 0 aliphatic carbocycles. The third-order valence-electron chi connectivity index (χ3n) is 3.62. The zero-order valence-electron chi connectivity index (χ0n) is 11.8. The van der Waals surface area contributed by atoms with E-state index in [4.69, 9.17) is 4.74 Å². The molecule has 1 aromatic rings. The highest BCUT2D eigenvalue weighted by molar-refractivity contribution is 5.89. The molecule has 1 aliphatic heterocycles. The fraction of sp³-hybridized carbons (Fsp3) is 0.533. The van der Waals surface area contributed by atoms with E-state index in [9.17, 15) is 9.90 Å². The lowest BCUT2D eigenvalue weighted by atomic mass is 9.94. The molecular weight excluding hydrogens is 256 g/mol. The highest BCUT2D eigenvalue weighted by Gasteiger charge is 2.30. The molecule has 1 fully saturated rings. The number of nitrogens with one attached hydrogen (secondary N) is 2.